The molecule has 1 N–H and O–H groups in total. The van der Waals surface area contributed by atoms with Gasteiger partial charge in [0, 0.05) is 16.2 Å². The summed E-state index contributed by atoms with van der Waals surface area (Å²) in [6.07, 6.45) is 0.890. The van der Waals surface area contributed by atoms with Crippen molar-refractivity contribution >= 4 is 49.6 Å². The molecule has 1 aromatic rings. The minimum absolute atomic E-state index is 0.162. The maximum absolute atomic E-state index is 12.9. The standard InChI is InChI=1S/C19H20Br2N2O3/c1-9(17(24)22-8-10-5-3-2-4-6-10)23-18(25)13-11-7-12(14(13)19(23)26)16(21)15(11)20/h2-6,9,11-16H,7-8H2,1H3,(H,22,24)/t9-,11-,12-,13-,14-,15+,16+/m1/s1. The number of carbonyl (C=O) groups excluding carboxylic acids is 3. The second kappa shape index (κ2) is 6.75. The number of hydrogen-bond donors (Lipinski definition) is 1. The molecule has 26 heavy (non-hydrogen) atoms. The quantitative estimate of drug-likeness (QED) is 0.528. The molecule has 2 aliphatic carbocycles. The second-order valence-electron chi connectivity index (χ2n) is 7.43. The number of imide groups is 1. The normalized spacial score (nSPS) is 36.3. The monoisotopic (exact) mass is 482 g/mol. The summed E-state index contributed by atoms with van der Waals surface area (Å²) in [6, 6.07) is 8.78. The summed E-state index contributed by atoms with van der Waals surface area (Å²) < 4.78 is 0. The summed E-state index contributed by atoms with van der Waals surface area (Å²) in [5, 5.41) is 2.83. The van der Waals surface area contributed by atoms with E-state index in [4.69, 9.17) is 0 Å². The molecule has 7 atom stereocenters. The molecule has 0 spiro atoms. The first-order valence-electron chi connectivity index (χ1n) is 8.88. The highest BCUT2D eigenvalue weighted by molar-refractivity contribution is 9.12. The molecule has 3 aliphatic rings. The Morgan fingerprint density at radius 1 is 1.12 bits per heavy atom. The Bertz CT molecular complexity index is 724. The van der Waals surface area contributed by atoms with Gasteiger partial charge >= 0.3 is 0 Å². The predicted octanol–water partition coefficient (Wildman–Crippen LogP) is 2.47. The first kappa shape index (κ1) is 18.2. The molecule has 0 unspecified atom stereocenters. The average Bonchev–Trinajstić information content (AvgIpc) is 3.25. The van der Waals surface area contributed by atoms with Crippen LogP contribution in [0.25, 0.3) is 0 Å². The van der Waals surface area contributed by atoms with E-state index in [0.717, 1.165) is 12.0 Å². The first-order valence-corrected chi connectivity index (χ1v) is 10.7. The molecule has 2 saturated carbocycles. The topological polar surface area (TPSA) is 66.5 Å². The maximum atomic E-state index is 12.9. The average molecular weight is 484 g/mol. The van der Waals surface area contributed by atoms with Gasteiger partial charge < -0.3 is 5.32 Å². The number of hydrogen-bond acceptors (Lipinski definition) is 3. The number of halogens is 2. The third-order valence-electron chi connectivity index (χ3n) is 6.10. The molecular formula is C19H20Br2N2O3. The maximum Gasteiger partial charge on any atom is 0.243 e. The van der Waals surface area contributed by atoms with Crippen molar-refractivity contribution in [3.8, 4) is 0 Å². The van der Waals surface area contributed by atoms with Crippen molar-refractivity contribution in [1.82, 2.24) is 10.2 Å². The van der Waals surface area contributed by atoms with E-state index in [-0.39, 0.29) is 51.0 Å². The van der Waals surface area contributed by atoms with Gasteiger partial charge in [-0.3, -0.25) is 19.3 Å². The van der Waals surface area contributed by atoms with E-state index in [1.54, 1.807) is 6.92 Å². The molecule has 1 heterocycles. The minimum atomic E-state index is -0.786. The number of likely N-dealkylation sites (tertiary alicyclic amines) is 1. The number of alkyl halides is 2. The predicted molar refractivity (Wildman–Crippen MR) is 104 cm³/mol. The lowest BCUT2D eigenvalue weighted by atomic mass is 9.81. The zero-order valence-corrected chi connectivity index (χ0v) is 17.4. The van der Waals surface area contributed by atoms with E-state index in [0.29, 0.717) is 6.54 Å². The van der Waals surface area contributed by atoms with Gasteiger partial charge in [0.15, 0.2) is 0 Å². The summed E-state index contributed by atoms with van der Waals surface area (Å²) in [5.74, 6) is -0.901. The van der Waals surface area contributed by atoms with E-state index in [2.05, 4.69) is 37.2 Å². The molecule has 0 radical (unpaired) electrons. The van der Waals surface area contributed by atoms with Gasteiger partial charge in [0.25, 0.3) is 0 Å². The Labute approximate surface area is 169 Å². The van der Waals surface area contributed by atoms with Crippen molar-refractivity contribution in [2.75, 3.05) is 0 Å². The number of carbonyl (C=O) groups is 3. The van der Waals surface area contributed by atoms with Crippen molar-refractivity contribution in [3.05, 3.63) is 35.9 Å². The van der Waals surface area contributed by atoms with Crippen LogP contribution in [0.3, 0.4) is 0 Å². The lowest BCUT2D eigenvalue weighted by molar-refractivity contribution is -0.148. The summed E-state index contributed by atoms with van der Waals surface area (Å²) in [6.45, 7) is 2.02. The lowest BCUT2D eigenvalue weighted by Gasteiger charge is -2.28. The van der Waals surface area contributed by atoms with Crippen LogP contribution in [0.1, 0.15) is 18.9 Å². The summed E-state index contributed by atoms with van der Waals surface area (Å²) >= 11 is 7.35. The van der Waals surface area contributed by atoms with Crippen molar-refractivity contribution in [3.63, 3.8) is 0 Å². The second-order valence-corrected chi connectivity index (χ2v) is 9.54. The minimum Gasteiger partial charge on any atom is -0.350 e. The highest BCUT2D eigenvalue weighted by atomic mass is 79.9. The van der Waals surface area contributed by atoms with Crippen LogP contribution in [0, 0.1) is 23.7 Å². The van der Waals surface area contributed by atoms with Crippen LogP contribution in [-0.2, 0) is 20.9 Å². The van der Waals surface area contributed by atoms with Crippen molar-refractivity contribution < 1.29 is 14.4 Å². The van der Waals surface area contributed by atoms with Crippen LogP contribution in [0.4, 0.5) is 0 Å². The Balaban J connectivity index is 1.47. The van der Waals surface area contributed by atoms with Crippen molar-refractivity contribution in [2.45, 2.75) is 35.6 Å². The molecule has 3 amide bonds. The number of amides is 3. The van der Waals surface area contributed by atoms with Crippen LogP contribution in [0.2, 0.25) is 0 Å². The molecule has 1 aromatic carbocycles. The van der Waals surface area contributed by atoms with Crippen molar-refractivity contribution in [2.24, 2.45) is 23.7 Å². The van der Waals surface area contributed by atoms with Crippen LogP contribution >= 0.6 is 31.9 Å². The molecule has 1 aliphatic heterocycles. The third-order valence-corrected chi connectivity index (χ3v) is 9.30. The molecule has 4 rings (SSSR count). The van der Waals surface area contributed by atoms with Crippen LogP contribution < -0.4 is 5.32 Å². The Morgan fingerprint density at radius 2 is 1.65 bits per heavy atom. The summed E-state index contributed by atoms with van der Waals surface area (Å²) in [5.41, 5.74) is 0.978. The van der Waals surface area contributed by atoms with E-state index in [1.165, 1.54) is 4.90 Å². The fraction of sp³-hybridized carbons (Fsp3) is 0.526. The number of nitrogens with zero attached hydrogens (tertiary/aromatic N) is 1. The molecule has 138 valence electrons. The highest BCUT2D eigenvalue weighted by Crippen LogP contribution is 2.60. The molecular weight excluding hydrogens is 464 g/mol. The largest absolute Gasteiger partial charge is 0.350 e. The molecule has 3 fully saturated rings. The number of rotatable bonds is 4. The third kappa shape index (κ3) is 2.66. The number of nitrogens with one attached hydrogen (secondary N) is 1. The fourth-order valence-corrected chi connectivity index (χ4v) is 6.68. The van der Waals surface area contributed by atoms with Crippen LogP contribution in [0.15, 0.2) is 30.3 Å². The van der Waals surface area contributed by atoms with Gasteiger partial charge in [0.2, 0.25) is 17.7 Å². The molecule has 2 bridgehead atoms. The van der Waals surface area contributed by atoms with E-state index in [1.807, 2.05) is 30.3 Å². The summed E-state index contributed by atoms with van der Waals surface area (Å²) in [4.78, 5) is 40.1. The zero-order valence-electron chi connectivity index (χ0n) is 14.3. The molecule has 0 aromatic heterocycles. The smallest absolute Gasteiger partial charge is 0.243 e. The van der Waals surface area contributed by atoms with Gasteiger partial charge in [-0.2, -0.15) is 0 Å². The van der Waals surface area contributed by atoms with E-state index < -0.39 is 6.04 Å². The van der Waals surface area contributed by atoms with Gasteiger partial charge in [0.1, 0.15) is 6.04 Å². The van der Waals surface area contributed by atoms with Gasteiger partial charge in [-0.05, 0) is 30.7 Å². The van der Waals surface area contributed by atoms with Crippen molar-refractivity contribution in [1.29, 1.82) is 0 Å². The SMILES string of the molecule is C[C@H](C(=O)NCc1ccccc1)N1C(=O)[C@@H]2[C@H]3C[C@@H]([C@H](Br)[C@H]3Br)[C@H]2C1=O. The van der Waals surface area contributed by atoms with Crippen LogP contribution in [0.5, 0.6) is 0 Å². The van der Waals surface area contributed by atoms with Gasteiger partial charge in [-0.25, -0.2) is 0 Å². The molecule has 5 nitrogen and oxygen atoms in total. The zero-order chi connectivity index (χ0) is 18.6. The first-order chi connectivity index (χ1) is 12.4. The summed E-state index contributed by atoms with van der Waals surface area (Å²) in [7, 11) is 0. The highest BCUT2D eigenvalue weighted by Gasteiger charge is 2.67. The fourth-order valence-electron chi connectivity index (χ4n) is 4.80. The van der Waals surface area contributed by atoms with Gasteiger partial charge in [-0.15, -0.1) is 0 Å². The van der Waals surface area contributed by atoms with Gasteiger partial charge in [-0.1, -0.05) is 62.2 Å². The molecule has 1 saturated heterocycles. The van der Waals surface area contributed by atoms with Crippen LogP contribution in [-0.4, -0.2) is 38.3 Å². The Morgan fingerprint density at radius 3 is 2.19 bits per heavy atom. The number of benzene rings is 1. The van der Waals surface area contributed by atoms with Gasteiger partial charge in [0.05, 0.1) is 11.8 Å². The number of fused-ring (bicyclic) bond motifs is 5. The Kier molecular flexibility index (Phi) is 4.72. The molecule has 7 heteroatoms. The lowest BCUT2D eigenvalue weighted by Crippen LogP contribution is -2.48. The van der Waals surface area contributed by atoms with E-state index in [9.17, 15) is 14.4 Å². The van der Waals surface area contributed by atoms with E-state index >= 15 is 0 Å². The Hall–Kier alpha value is -1.21.